The Hall–Kier alpha value is -1.06. The maximum atomic E-state index is 11.0. The number of hydrogen-bond acceptors (Lipinski definition) is 5. The number of carbonyl (C=O) groups is 1. The van der Waals surface area contributed by atoms with Crippen molar-refractivity contribution in [3.05, 3.63) is 21.3 Å². The van der Waals surface area contributed by atoms with Crippen molar-refractivity contribution >= 4 is 34.2 Å². The minimum Gasteiger partial charge on any atom is -0.496 e. The van der Waals surface area contributed by atoms with Gasteiger partial charge in [0, 0.05) is 16.2 Å². The summed E-state index contributed by atoms with van der Waals surface area (Å²) in [6, 6.07) is 3.03. The van der Waals surface area contributed by atoms with Gasteiger partial charge in [-0.05, 0) is 28.7 Å². The van der Waals surface area contributed by atoms with E-state index in [1.165, 1.54) is 13.2 Å². The fourth-order valence-corrected chi connectivity index (χ4v) is 1.98. The number of carboxylic acid groups (broad SMARTS) is 1. The number of aliphatic hydroxyl groups excluding tert-OH is 2. The molecule has 0 aliphatic rings. The highest BCUT2D eigenvalue weighted by atomic mass is 127. The number of rotatable bonds is 6. The van der Waals surface area contributed by atoms with Gasteiger partial charge in [-0.25, -0.2) is 4.79 Å². The van der Waals surface area contributed by atoms with Crippen molar-refractivity contribution in [2.24, 2.45) is 0 Å². The fourth-order valence-electron chi connectivity index (χ4n) is 1.32. The van der Waals surface area contributed by atoms with Gasteiger partial charge in [0.05, 0.1) is 25.5 Å². The van der Waals surface area contributed by atoms with E-state index in [4.69, 9.17) is 14.9 Å². The van der Waals surface area contributed by atoms with Gasteiger partial charge < -0.3 is 25.4 Å². The normalized spacial score (nSPS) is 12.0. The Balaban J connectivity index is 2.97. The average molecular weight is 367 g/mol. The Morgan fingerprint density at radius 3 is 2.72 bits per heavy atom. The molecular formula is C11H14INO5. The molecule has 1 rings (SSSR count). The smallest absolute Gasteiger partial charge is 0.339 e. The molecular weight excluding hydrogens is 353 g/mol. The molecule has 1 aromatic carbocycles. The zero-order valence-electron chi connectivity index (χ0n) is 9.68. The summed E-state index contributed by atoms with van der Waals surface area (Å²) in [6.45, 7) is -0.171. The lowest BCUT2D eigenvalue weighted by atomic mass is 10.2. The monoisotopic (exact) mass is 367 g/mol. The highest BCUT2D eigenvalue weighted by Gasteiger charge is 2.15. The summed E-state index contributed by atoms with van der Waals surface area (Å²) < 4.78 is 5.69. The van der Waals surface area contributed by atoms with Crippen LogP contribution in [0.4, 0.5) is 5.69 Å². The Morgan fingerprint density at radius 2 is 2.22 bits per heavy atom. The van der Waals surface area contributed by atoms with Crippen LogP contribution in [-0.4, -0.2) is 47.7 Å². The molecule has 7 heteroatoms. The van der Waals surface area contributed by atoms with Crippen LogP contribution in [0, 0.1) is 3.57 Å². The minimum atomic E-state index is -1.06. The lowest BCUT2D eigenvalue weighted by molar-refractivity contribution is 0.0693. The van der Waals surface area contributed by atoms with Crippen LogP contribution in [0.1, 0.15) is 10.4 Å². The van der Waals surface area contributed by atoms with E-state index in [0.717, 1.165) is 0 Å². The molecule has 1 aromatic rings. The molecule has 0 aromatic heterocycles. The molecule has 0 bridgehead atoms. The van der Waals surface area contributed by atoms with Crippen LogP contribution < -0.4 is 10.1 Å². The second-order valence-electron chi connectivity index (χ2n) is 3.55. The summed E-state index contributed by atoms with van der Waals surface area (Å²) >= 11 is 1.99. The van der Waals surface area contributed by atoms with Gasteiger partial charge in [0.15, 0.2) is 0 Å². The fraction of sp³-hybridized carbons (Fsp3) is 0.364. The molecule has 0 spiro atoms. The summed E-state index contributed by atoms with van der Waals surface area (Å²) in [6.07, 6.45) is -0.869. The number of nitrogens with one attached hydrogen (secondary N) is 1. The largest absolute Gasteiger partial charge is 0.496 e. The molecule has 100 valence electrons. The molecule has 0 fully saturated rings. The molecule has 0 saturated heterocycles. The van der Waals surface area contributed by atoms with Crippen LogP contribution in [0.5, 0.6) is 5.75 Å². The van der Waals surface area contributed by atoms with Gasteiger partial charge >= 0.3 is 5.97 Å². The van der Waals surface area contributed by atoms with Crippen molar-refractivity contribution in [1.29, 1.82) is 0 Å². The first kappa shape index (κ1) is 15.0. The van der Waals surface area contributed by atoms with E-state index in [2.05, 4.69) is 5.32 Å². The molecule has 0 aliphatic carbocycles. The molecule has 0 heterocycles. The number of aromatic carboxylic acids is 1. The maximum absolute atomic E-state index is 11.0. The van der Waals surface area contributed by atoms with Gasteiger partial charge in [-0.3, -0.25) is 0 Å². The first-order valence-electron chi connectivity index (χ1n) is 5.13. The number of anilines is 1. The van der Waals surface area contributed by atoms with Gasteiger partial charge in [0.2, 0.25) is 0 Å². The highest BCUT2D eigenvalue weighted by molar-refractivity contribution is 14.1. The summed E-state index contributed by atoms with van der Waals surface area (Å²) in [5.74, 6) is -0.824. The second-order valence-corrected chi connectivity index (χ2v) is 4.72. The molecule has 6 nitrogen and oxygen atoms in total. The predicted molar refractivity (Wildman–Crippen MR) is 74.3 cm³/mol. The van der Waals surface area contributed by atoms with Crippen LogP contribution in [0.15, 0.2) is 12.1 Å². The van der Waals surface area contributed by atoms with E-state index in [9.17, 15) is 9.90 Å². The zero-order valence-corrected chi connectivity index (χ0v) is 11.8. The Labute approximate surface area is 118 Å². The molecule has 1 atom stereocenters. The van der Waals surface area contributed by atoms with Crippen LogP contribution in [0.2, 0.25) is 0 Å². The van der Waals surface area contributed by atoms with Crippen molar-refractivity contribution in [2.75, 3.05) is 25.6 Å². The van der Waals surface area contributed by atoms with E-state index in [0.29, 0.717) is 9.26 Å². The van der Waals surface area contributed by atoms with Gasteiger partial charge in [0.25, 0.3) is 0 Å². The minimum absolute atomic E-state index is 0.0788. The quantitative estimate of drug-likeness (QED) is 0.555. The molecule has 0 saturated carbocycles. The number of aliphatic hydroxyl groups is 2. The summed E-state index contributed by atoms with van der Waals surface area (Å²) in [7, 11) is 1.39. The summed E-state index contributed by atoms with van der Waals surface area (Å²) in [4.78, 5) is 11.0. The van der Waals surface area contributed by atoms with Gasteiger partial charge in [-0.2, -0.15) is 0 Å². The van der Waals surface area contributed by atoms with Crippen LogP contribution in [-0.2, 0) is 0 Å². The van der Waals surface area contributed by atoms with Crippen LogP contribution in [0.3, 0.4) is 0 Å². The van der Waals surface area contributed by atoms with Crippen molar-refractivity contribution in [2.45, 2.75) is 6.10 Å². The Morgan fingerprint density at radius 1 is 1.56 bits per heavy atom. The highest BCUT2D eigenvalue weighted by Crippen LogP contribution is 2.28. The van der Waals surface area contributed by atoms with E-state index in [1.54, 1.807) is 6.07 Å². The number of ether oxygens (including phenoxy) is 1. The van der Waals surface area contributed by atoms with Crippen molar-refractivity contribution in [3.8, 4) is 5.75 Å². The molecule has 0 radical (unpaired) electrons. The number of halogens is 1. The van der Waals surface area contributed by atoms with E-state index in [1.807, 2.05) is 22.6 Å². The van der Waals surface area contributed by atoms with Gasteiger partial charge in [0.1, 0.15) is 11.3 Å². The Bertz CT molecular complexity index is 438. The Kier molecular flexibility index (Phi) is 5.63. The number of hydrogen-bond donors (Lipinski definition) is 4. The molecule has 4 N–H and O–H groups in total. The van der Waals surface area contributed by atoms with E-state index < -0.39 is 12.1 Å². The number of carboxylic acids is 1. The summed E-state index contributed by atoms with van der Waals surface area (Å²) in [5, 5.41) is 29.9. The predicted octanol–water partition coefficient (Wildman–Crippen LogP) is 0.763. The van der Waals surface area contributed by atoms with Crippen molar-refractivity contribution in [1.82, 2.24) is 0 Å². The first-order chi connectivity index (χ1) is 8.49. The van der Waals surface area contributed by atoms with Gasteiger partial charge in [-0.15, -0.1) is 0 Å². The number of benzene rings is 1. The third-order valence-electron chi connectivity index (χ3n) is 2.26. The first-order valence-corrected chi connectivity index (χ1v) is 6.21. The second kappa shape index (κ2) is 6.76. The molecule has 1 unspecified atom stereocenters. The van der Waals surface area contributed by atoms with E-state index >= 15 is 0 Å². The SMILES string of the molecule is COc1cc(NCC(O)CO)c(I)cc1C(=O)O. The lowest BCUT2D eigenvalue weighted by Gasteiger charge is -2.14. The molecule has 0 amide bonds. The average Bonchev–Trinajstić information content (AvgIpc) is 2.36. The lowest BCUT2D eigenvalue weighted by Crippen LogP contribution is -2.23. The zero-order chi connectivity index (χ0) is 13.7. The number of methoxy groups -OCH3 is 1. The topological polar surface area (TPSA) is 99.0 Å². The standard InChI is InChI=1S/C11H14INO5/c1-18-10-3-9(13-4-6(15)5-14)8(12)2-7(10)11(16)17/h2-3,6,13-15H,4-5H2,1H3,(H,16,17). The maximum Gasteiger partial charge on any atom is 0.339 e. The van der Waals surface area contributed by atoms with E-state index in [-0.39, 0.29) is 24.5 Å². The molecule has 0 aliphatic heterocycles. The van der Waals surface area contributed by atoms with Crippen molar-refractivity contribution < 1.29 is 24.9 Å². The van der Waals surface area contributed by atoms with Crippen LogP contribution in [0.25, 0.3) is 0 Å². The van der Waals surface area contributed by atoms with Crippen molar-refractivity contribution in [3.63, 3.8) is 0 Å². The van der Waals surface area contributed by atoms with Crippen LogP contribution >= 0.6 is 22.6 Å². The van der Waals surface area contributed by atoms with Gasteiger partial charge in [-0.1, -0.05) is 0 Å². The summed E-state index contributed by atoms with van der Waals surface area (Å²) in [5.41, 5.74) is 0.722. The third-order valence-corrected chi connectivity index (χ3v) is 3.15. The molecule has 18 heavy (non-hydrogen) atoms. The third kappa shape index (κ3) is 3.72.